The maximum Gasteiger partial charge on any atom is 1.00 e. The summed E-state index contributed by atoms with van der Waals surface area (Å²) in [5.74, 6) is -1.22. The van der Waals surface area contributed by atoms with Crippen LogP contribution in [0.3, 0.4) is 0 Å². The number of carbonyl (C=O) groups is 1. The van der Waals surface area contributed by atoms with Crippen LogP contribution in [-0.2, 0) is 4.79 Å². The van der Waals surface area contributed by atoms with Gasteiger partial charge in [-0.25, -0.2) is 0 Å². The zero-order valence-electron chi connectivity index (χ0n) is 5.31. The molecule has 0 aliphatic rings. The van der Waals surface area contributed by atoms with E-state index in [1.54, 1.807) is 0 Å². The molecule has 50 valence electrons. The van der Waals surface area contributed by atoms with Crippen molar-refractivity contribution in [2.75, 3.05) is 6.54 Å². The molecule has 0 aliphatic heterocycles. The van der Waals surface area contributed by atoms with Gasteiger partial charge in [-0.15, -0.1) is 0 Å². The van der Waals surface area contributed by atoms with Crippen molar-refractivity contribution in [2.24, 2.45) is 5.73 Å². The number of carboxylic acids is 1. The van der Waals surface area contributed by atoms with Crippen molar-refractivity contribution in [2.45, 2.75) is 0 Å². The first-order valence-electron chi connectivity index (χ1n) is 1.17. The maximum atomic E-state index is 9.13. The second kappa shape index (κ2) is 23.2. The molecule has 0 bridgehead atoms. The summed E-state index contributed by atoms with van der Waals surface area (Å²) in [5.41, 5.74) is 4.51. The van der Waals surface area contributed by atoms with Crippen LogP contribution in [0, 0.1) is 0 Å². The first kappa shape index (κ1) is 32.7. The van der Waals surface area contributed by atoms with Crippen molar-refractivity contribution in [3.8, 4) is 0 Å². The molecule has 0 unspecified atom stereocenters. The Hall–Kier alpha value is 0.882. The van der Waals surface area contributed by atoms with Crippen molar-refractivity contribution >= 4 is 23.3 Å². The molecule has 0 saturated carbocycles. The third-order valence-corrected chi connectivity index (χ3v) is 0.167. The number of rotatable bonds is 1. The Balaban J connectivity index is -0.0000000133. The molecule has 0 spiro atoms. The van der Waals surface area contributed by atoms with Gasteiger partial charge in [-0.3, -0.25) is 0 Å². The molecule has 6 N–H and O–H groups in total. The Kier molecular flexibility index (Phi) is 84.1. The Bertz CT molecular complexity index is 53.8. The number of nitrogens with two attached hydrogens (primary N) is 1. The molecular weight excluding hydrogens is 152 g/mol. The number of carboxylic acid groups (broad SMARTS) is 1. The molecule has 0 fully saturated rings. The summed E-state index contributed by atoms with van der Waals surface area (Å²) in [6, 6.07) is 0. The Labute approximate surface area is 85.6 Å². The largest absolute Gasteiger partial charge is 1.00 e. The Morgan fingerprint density at radius 2 is 1.56 bits per heavy atom. The summed E-state index contributed by atoms with van der Waals surface area (Å²) in [4.78, 5) is 9.13. The molecule has 7 heteroatoms. The quantitative estimate of drug-likeness (QED) is 0.383. The smallest absolute Gasteiger partial charge is 0.549 e. The van der Waals surface area contributed by atoms with E-state index in [2.05, 4.69) is 5.73 Å². The van der Waals surface area contributed by atoms with Crippen molar-refractivity contribution in [1.82, 2.24) is 0 Å². The average Bonchev–Trinajstić information content (AvgIpc) is 1.38. The number of carbonyl (C=O) groups excluding carboxylic acids is 1. The van der Waals surface area contributed by atoms with Gasteiger partial charge in [-0.2, -0.15) is 0 Å². The normalized spacial score (nSPS) is 4.11. The van der Waals surface area contributed by atoms with Gasteiger partial charge in [0.15, 0.2) is 0 Å². The minimum atomic E-state index is -1.22. The predicted octanol–water partition coefficient (Wildman–Crippen LogP) is -7.60. The molecule has 0 rings (SSSR count). The van der Waals surface area contributed by atoms with Crippen molar-refractivity contribution in [3.05, 3.63) is 0 Å². The molecular formula is C2H9AlNNaO4. The van der Waals surface area contributed by atoms with Crippen molar-refractivity contribution in [3.63, 3.8) is 0 Å². The first-order chi connectivity index (χ1) is 2.27. The fraction of sp³-hybridized carbons (Fsp3) is 0.500. The second-order valence-corrected chi connectivity index (χ2v) is 0.576. The fourth-order valence-corrected chi connectivity index (χ4v) is 0. The molecule has 5 nitrogen and oxygen atoms in total. The fourth-order valence-electron chi connectivity index (χ4n) is 0. The Morgan fingerprint density at radius 1 is 1.44 bits per heavy atom. The van der Waals surface area contributed by atoms with Gasteiger partial charge in [0.2, 0.25) is 0 Å². The molecule has 0 aromatic heterocycles. The van der Waals surface area contributed by atoms with Crippen molar-refractivity contribution < 1.29 is 50.4 Å². The summed E-state index contributed by atoms with van der Waals surface area (Å²) >= 11 is 0. The summed E-state index contributed by atoms with van der Waals surface area (Å²) in [6.07, 6.45) is 0. The van der Waals surface area contributed by atoms with Crippen LogP contribution in [-0.4, -0.2) is 40.8 Å². The zero-order valence-corrected chi connectivity index (χ0v) is 8.72. The number of hydrogen-bond donors (Lipinski definition) is 1. The monoisotopic (exact) mass is 161 g/mol. The van der Waals surface area contributed by atoms with Crippen LogP contribution in [0.25, 0.3) is 0 Å². The molecule has 0 atom stereocenters. The summed E-state index contributed by atoms with van der Waals surface area (Å²) in [5, 5.41) is 9.13. The van der Waals surface area contributed by atoms with E-state index in [4.69, 9.17) is 9.90 Å². The van der Waals surface area contributed by atoms with E-state index in [1.165, 1.54) is 0 Å². The minimum Gasteiger partial charge on any atom is -0.549 e. The van der Waals surface area contributed by atoms with Crippen LogP contribution >= 0.6 is 0 Å². The molecule has 0 aromatic carbocycles. The molecule has 2 radical (unpaired) electrons. The maximum absolute atomic E-state index is 9.13. The van der Waals surface area contributed by atoms with Crippen LogP contribution in [0.4, 0.5) is 0 Å². The van der Waals surface area contributed by atoms with E-state index in [-0.39, 0.29) is 64.4 Å². The molecule has 9 heavy (non-hydrogen) atoms. The molecule has 0 amide bonds. The van der Waals surface area contributed by atoms with Gasteiger partial charge in [0.05, 0.1) is 23.3 Å². The van der Waals surface area contributed by atoms with E-state index in [0.29, 0.717) is 0 Å². The van der Waals surface area contributed by atoms with Crippen LogP contribution in [0.2, 0.25) is 0 Å². The standard InChI is InChI=1S/C2H5NO2.Al.Na.2H2O.H/c3-1-2(4)5;;;;;/h1,3H2,(H,4,5);;;2*1H2;/q;;+1;;;/p-1. The summed E-state index contributed by atoms with van der Waals surface area (Å²) < 4.78 is 0. The molecule has 0 aliphatic carbocycles. The zero-order chi connectivity index (χ0) is 4.28. The van der Waals surface area contributed by atoms with Gasteiger partial charge >= 0.3 is 29.6 Å². The van der Waals surface area contributed by atoms with Gasteiger partial charge in [0.1, 0.15) is 0 Å². The molecule has 0 saturated heterocycles. The van der Waals surface area contributed by atoms with Gasteiger partial charge in [0, 0.05) is 6.54 Å². The molecule has 0 aromatic rings. The minimum absolute atomic E-state index is 0. The van der Waals surface area contributed by atoms with Crippen LogP contribution in [0.5, 0.6) is 0 Å². The average molecular weight is 161 g/mol. The van der Waals surface area contributed by atoms with E-state index in [0.717, 1.165) is 0 Å². The van der Waals surface area contributed by atoms with Crippen molar-refractivity contribution in [1.29, 1.82) is 0 Å². The van der Waals surface area contributed by atoms with Crippen LogP contribution in [0.15, 0.2) is 0 Å². The first-order valence-corrected chi connectivity index (χ1v) is 1.17. The van der Waals surface area contributed by atoms with Gasteiger partial charge in [0.25, 0.3) is 0 Å². The van der Waals surface area contributed by atoms with Gasteiger partial charge < -0.3 is 26.6 Å². The summed E-state index contributed by atoms with van der Waals surface area (Å²) in [6.45, 7) is -0.389. The van der Waals surface area contributed by atoms with E-state index >= 15 is 0 Å². The third-order valence-electron chi connectivity index (χ3n) is 0.167. The second-order valence-electron chi connectivity index (χ2n) is 0.576. The van der Waals surface area contributed by atoms with E-state index in [1.807, 2.05) is 0 Å². The van der Waals surface area contributed by atoms with Crippen LogP contribution < -0.4 is 40.4 Å². The Morgan fingerprint density at radius 3 is 1.56 bits per heavy atom. The van der Waals surface area contributed by atoms with Gasteiger partial charge in [-0.1, -0.05) is 0 Å². The number of aliphatic carboxylic acids is 1. The predicted molar refractivity (Wildman–Crippen MR) is 28.4 cm³/mol. The summed E-state index contributed by atoms with van der Waals surface area (Å²) in [7, 11) is 0. The van der Waals surface area contributed by atoms with Gasteiger partial charge in [-0.05, 0) is 0 Å². The molecule has 0 heterocycles. The SMILES string of the molecule is NCC(=O)[O-].O.O.[AlH].[Na+]. The topological polar surface area (TPSA) is 129 Å². The van der Waals surface area contributed by atoms with Crippen LogP contribution in [0.1, 0.15) is 0 Å². The van der Waals surface area contributed by atoms with E-state index < -0.39 is 5.97 Å². The number of hydrogen-bond acceptors (Lipinski definition) is 3. The van der Waals surface area contributed by atoms with E-state index in [9.17, 15) is 0 Å². The third kappa shape index (κ3) is 50.6.